The van der Waals surface area contributed by atoms with E-state index in [1.807, 2.05) is 0 Å². The second-order valence-electron chi connectivity index (χ2n) is 7.94. The number of likely N-dealkylation sites (tertiary alicyclic amines) is 1. The molecule has 6 heteroatoms. The predicted octanol–water partition coefficient (Wildman–Crippen LogP) is 3.04. The monoisotopic (exact) mass is 330 g/mol. The third-order valence-electron chi connectivity index (χ3n) is 6.15. The van der Waals surface area contributed by atoms with Gasteiger partial charge in [-0.05, 0) is 62.4 Å². The van der Waals surface area contributed by atoms with E-state index in [1.54, 1.807) is 4.90 Å². The number of nitrogens with one attached hydrogen (secondary N) is 1. The predicted molar refractivity (Wildman–Crippen MR) is 85.9 cm³/mol. The summed E-state index contributed by atoms with van der Waals surface area (Å²) in [5, 5.41) is 7.48. The second-order valence-corrected chi connectivity index (χ2v) is 7.94. The van der Waals surface area contributed by atoms with Crippen molar-refractivity contribution in [2.45, 2.75) is 56.8 Å². The number of aromatic amines is 1. The Kier molecular flexibility index (Phi) is 3.28. The summed E-state index contributed by atoms with van der Waals surface area (Å²) in [6, 6.07) is 0. The summed E-state index contributed by atoms with van der Waals surface area (Å²) in [4.78, 5) is 18.9. The molecule has 24 heavy (non-hydrogen) atoms. The average Bonchev–Trinajstić information content (AvgIpc) is 3.46. The summed E-state index contributed by atoms with van der Waals surface area (Å²) in [6.45, 7) is 1.23. The van der Waals surface area contributed by atoms with Crippen molar-refractivity contribution < 1.29 is 9.18 Å². The lowest BCUT2D eigenvalue weighted by molar-refractivity contribution is -0.128. The number of aromatic nitrogens is 3. The molecule has 0 unspecified atom stereocenters. The van der Waals surface area contributed by atoms with E-state index >= 15 is 0 Å². The van der Waals surface area contributed by atoms with Crippen molar-refractivity contribution in [3.05, 3.63) is 23.0 Å². The highest BCUT2D eigenvalue weighted by molar-refractivity contribution is 5.92. The number of rotatable bonds is 4. The van der Waals surface area contributed by atoms with Gasteiger partial charge in [-0.25, -0.2) is 9.37 Å². The number of halogens is 1. The van der Waals surface area contributed by atoms with Gasteiger partial charge in [-0.15, -0.1) is 0 Å². The van der Waals surface area contributed by atoms with Crippen LogP contribution in [0, 0.1) is 11.8 Å². The molecule has 3 saturated carbocycles. The number of hydrogen-bond acceptors (Lipinski definition) is 3. The molecule has 0 radical (unpaired) electrons. The van der Waals surface area contributed by atoms with Gasteiger partial charge in [-0.2, -0.15) is 5.10 Å². The van der Waals surface area contributed by atoms with Crippen molar-refractivity contribution in [2.24, 2.45) is 11.8 Å². The molecule has 1 amide bonds. The summed E-state index contributed by atoms with van der Waals surface area (Å²) in [6.07, 6.45) is 7.29. The molecule has 2 atom stereocenters. The lowest BCUT2D eigenvalue weighted by Crippen LogP contribution is -2.30. The molecule has 0 spiro atoms. The minimum Gasteiger partial charge on any atom is -0.336 e. The van der Waals surface area contributed by atoms with Crippen LogP contribution >= 0.6 is 0 Å². The van der Waals surface area contributed by atoms with Gasteiger partial charge in [0.2, 0.25) is 0 Å². The third-order valence-corrected chi connectivity index (χ3v) is 6.15. The highest BCUT2D eigenvalue weighted by atomic mass is 19.1. The molecule has 5 rings (SSSR count). The molecule has 3 aliphatic carbocycles. The van der Waals surface area contributed by atoms with Gasteiger partial charge in [0, 0.05) is 24.9 Å². The zero-order valence-corrected chi connectivity index (χ0v) is 13.8. The van der Waals surface area contributed by atoms with E-state index < -0.39 is 11.7 Å². The van der Waals surface area contributed by atoms with E-state index in [1.165, 1.54) is 25.7 Å². The van der Waals surface area contributed by atoms with Crippen LogP contribution in [0.2, 0.25) is 0 Å². The Morgan fingerprint density at radius 1 is 1.17 bits per heavy atom. The molecule has 128 valence electrons. The number of allylic oxidation sites excluding steroid dienone is 1. The fourth-order valence-corrected chi connectivity index (χ4v) is 4.13. The van der Waals surface area contributed by atoms with E-state index in [2.05, 4.69) is 10.2 Å². The standard InChI is InChI=1S/C18H23FN4O/c19-15(11-2-1-3-11)18(24)23-8-13(10-4-5-10)14(9-23)17-20-16(21-22-17)12-6-7-12/h10,12-14H,1-9H2,(H,20,21,22)/t13-,14+/m1/s1. The molecule has 4 aliphatic rings. The highest BCUT2D eigenvalue weighted by Crippen LogP contribution is 2.48. The van der Waals surface area contributed by atoms with Crippen molar-refractivity contribution >= 4 is 5.91 Å². The summed E-state index contributed by atoms with van der Waals surface area (Å²) in [7, 11) is 0. The largest absolute Gasteiger partial charge is 0.336 e. The van der Waals surface area contributed by atoms with Gasteiger partial charge >= 0.3 is 0 Å². The molecule has 4 fully saturated rings. The molecule has 1 N–H and O–H groups in total. The number of carbonyl (C=O) groups is 1. The molecule has 2 heterocycles. The molecule has 0 aromatic carbocycles. The topological polar surface area (TPSA) is 61.9 Å². The smallest absolute Gasteiger partial charge is 0.282 e. The SMILES string of the molecule is O=C(C(F)=C1CCC1)N1C[C@H](c2nc(C3CC3)n[nH]2)[C@@H](C2CC2)C1. The van der Waals surface area contributed by atoms with E-state index in [0.29, 0.717) is 36.4 Å². The van der Waals surface area contributed by atoms with Crippen LogP contribution in [0.15, 0.2) is 11.4 Å². The van der Waals surface area contributed by atoms with Crippen LogP contribution in [-0.4, -0.2) is 39.1 Å². The molecule has 1 aromatic rings. The van der Waals surface area contributed by atoms with Crippen molar-refractivity contribution in [2.75, 3.05) is 13.1 Å². The van der Waals surface area contributed by atoms with Crippen LogP contribution in [0.4, 0.5) is 4.39 Å². The van der Waals surface area contributed by atoms with Crippen molar-refractivity contribution in [3.63, 3.8) is 0 Å². The van der Waals surface area contributed by atoms with Crippen LogP contribution in [0.25, 0.3) is 0 Å². The minimum atomic E-state index is -0.493. The van der Waals surface area contributed by atoms with Crippen LogP contribution in [0.1, 0.15) is 68.4 Å². The summed E-state index contributed by atoms with van der Waals surface area (Å²) in [5.41, 5.74) is 0.710. The zero-order valence-electron chi connectivity index (χ0n) is 13.8. The van der Waals surface area contributed by atoms with Gasteiger partial charge in [-0.3, -0.25) is 9.89 Å². The van der Waals surface area contributed by atoms with Gasteiger partial charge in [0.15, 0.2) is 11.7 Å². The van der Waals surface area contributed by atoms with Crippen molar-refractivity contribution in [1.29, 1.82) is 0 Å². The summed E-state index contributed by atoms with van der Waals surface area (Å²) >= 11 is 0. The molecule has 0 bridgehead atoms. The average molecular weight is 330 g/mol. The normalized spacial score (nSPS) is 29.7. The van der Waals surface area contributed by atoms with Gasteiger partial charge in [0.1, 0.15) is 5.82 Å². The Labute approximate surface area is 140 Å². The van der Waals surface area contributed by atoms with Crippen LogP contribution in [0.5, 0.6) is 0 Å². The number of amides is 1. The molecule has 1 aliphatic heterocycles. The summed E-state index contributed by atoms with van der Waals surface area (Å²) in [5.74, 6) is 2.69. The Morgan fingerprint density at radius 3 is 2.58 bits per heavy atom. The number of H-pyrrole nitrogens is 1. The fraction of sp³-hybridized carbons (Fsp3) is 0.722. The van der Waals surface area contributed by atoms with Crippen molar-refractivity contribution in [3.8, 4) is 0 Å². The maximum atomic E-state index is 14.3. The zero-order chi connectivity index (χ0) is 16.3. The fourth-order valence-electron chi connectivity index (χ4n) is 4.13. The van der Waals surface area contributed by atoms with Gasteiger partial charge in [0.25, 0.3) is 5.91 Å². The molecule has 1 aromatic heterocycles. The van der Waals surface area contributed by atoms with E-state index in [4.69, 9.17) is 4.98 Å². The lowest BCUT2D eigenvalue weighted by Gasteiger charge is -2.21. The summed E-state index contributed by atoms with van der Waals surface area (Å²) < 4.78 is 14.3. The van der Waals surface area contributed by atoms with E-state index in [-0.39, 0.29) is 5.92 Å². The van der Waals surface area contributed by atoms with E-state index in [0.717, 1.165) is 30.9 Å². The quantitative estimate of drug-likeness (QED) is 0.863. The first-order valence-corrected chi connectivity index (χ1v) is 9.29. The highest BCUT2D eigenvalue weighted by Gasteiger charge is 2.46. The van der Waals surface area contributed by atoms with Crippen molar-refractivity contribution in [1.82, 2.24) is 20.1 Å². The second kappa shape index (κ2) is 5.39. The van der Waals surface area contributed by atoms with Crippen LogP contribution < -0.4 is 0 Å². The lowest BCUT2D eigenvalue weighted by atomic mass is 9.91. The minimum absolute atomic E-state index is 0.181. The maximum Gasteiger partial charge on any atom is 0.282 e. The third kappa shape index (κ3) is 2.47. The van der Waals surface area contributed by atoms with Crippen LogP contribution in [0.3, 0.4) is 0 Å². The Bertz CT molecular complexity index is 698. The molecule has 1 saturated heterocycles. The first-order chi connectivity index (χ1) is 11.7. The Hall–Kier alpha value is -1.72. The molecular formula is C18H23FN4O. The Balaban J connectivity index is 1.36. The first kappa shape index (κ1) is 14.6. The van der Waals surface area contributed by atoms with E-state index in [9.17, 15) is 9.18 Å². The number of nitrogens with zero attached hydrogens (tertiary/aromatic N) is 3. The van der Waals surface area contributed by atoms with Gasteiger partial charge in [0.05, 0.1) is 0 Å². The first-order valence-electron chi connectivity index (χ1n) is 9.29. The molecule has 5 nitrogen and oxygen atoms in total. The molecular weight excluding hydrogens is 307 g/mol. The number of carbonyl (C=O) groups excluding carboxylic acids is 1. The van der Waals surface area contributed by atoms with Crippen LogP contribution in [-0.2, 0) is 4.79 Å². The maximum absolute atomic E-state index is 14.3. The number of hydrogen-bond donors (Lipinski definition) is 1. The van der Waals surface area contributed by atoms with Gasteiger partial charge < -0.3 is 4.90 Å². The van der Waals surface area contributed by atoms with Gasteiger partial charge in [-0.1, -0.05) is 0 Å². The Morgan fingerprint density at radius 2 is 1.96 bits per heavy atom.